The lowest BCUT2D eigenvalue weighted by molar-refractivity contribution is 0.618. The summed E-state index contributed by atoms with van der Waals surface area (Å²) < 4.78 is 30.2. The van der Waals surface area contributed by atoms with Crippen molar-refractivity contribution in [2.45, 2.75) is 0 Å². The summed E-state index contributed by atoms with van der Waals surface area (Å²) >= 11 is 0. The number of hydrogen-bond acceptors (Lipinski definition) is 1. The van der Waals surface area contributed by atoms with Gasteiger partial charge in [-0.05, 0) is 68.4 Å². The first-order valence-corrected chi connectivity index (χ1v) is 12.6. The second-order valence-corrected chi connectivity index (χ2v) is 9.33. The van der Waals surface area contributed by atoms with E-state index in [2.05, 4.69) is 48.5 Å². The molecule has 184 valence electrons. The van der Waals surface area contributed by atoms with Crippen molar-refractivity contribution in [1.29, 1.82) is 0 Å². The molecule has 0 aliphatic rings. The zero-order valence-electron chi connectivity index (χ0n) is 20.9. The highest BCUT2D eigenvalue weighted by atomic mass is 19.1. The summed E-state index contributed by atoms with van der Waals surface area (Å²) in [7, 11) is 1.68. The molecule has 0 atom stereocenters. The predicted octanol–water partition coefficient (Wildman–Crippen LogP) is 9.89. The number of nitrogens with zero attached hydrogens (tertiary/aromatic N) is 1. The molecule has 3 heteroatoms. The third-order valence-electron chi connectivity index (χ3n) is 7.04. The van der Waals surface area contributed by atoms with Crippen LogP contribution < -0.4 is 4.90 Å². The summed E-state index contributed by atoms with van der Waals surface area (Å²) in [5.41, 5.74) is 6.42. The number of anilines is 2. The summed E-state index contributed by atoms with van der Waals surface area (Å²) in [5, 5.41) is 2.39. The molecule has 0 saturated heterocycles. The van der Waals surface area contributed by atoms with Gasteiger partial charge in [0.1, 0.15) is 11.6 Å². The topological polar surface area (TPSA) is 3.24 Å². The van der Waals surface area contributed by atoms with Gasteiger partial charge in [0, 0.05) is 7.05 Å². The Bertz CT molecular complexity index is 1740. The fourth-order valence-electron chi connectivity index (χ4n) is 5.07. The second kappa shape index (κ2) is 9.95. The summed E-state index contributed by atoms with van der Waals surface area (Å²) in [5.74, 6) is -0.813. The minimum absolute atomic E-state index is 0.310. The maximum atomic E-state index is 15.7. The summed E-state index contributed by atoms with van der Waals surface area (Å²) in [4.78, 5) is 1.56. The molecule has 0 bridgehead atoms. The van der Waals surface area contributed by atoms with Crippen molar-refractivity contribution in [1.82, 2.24) is 0 Å². The predicted molar refractivity (Wildman–Crippen MR) is 155 cm³/mol. The fraction of sp³-hybridized carbons (Fsp3) is 0.0286. The van der Waals surface area contributed by atoms with Crippen LogP contribution in [-0.4, -0.2) is 7.05 Å². The minimum atomic E-state index is -0.413. The van der Waals surface area contributed by atoms with Crippen LogP contribution in [0.15, 0.2) is 133 Å². The molecule has 6 aromatic rings. The van der Waals surface area contributed by atoms with Crippen LogP contribution in [0.25, 0.3) is 44.2 Å². The lowest BCUT2D eigenvalue weighted by atomic mass is 9.91. The van der Waals surface area contributed by atoms with Crippen molar-refractivity contribution in [3.05, 3.63) is 145 Å². The molecule has 0 heterocycles. The monoisotopic (exact) mass is 497 g/mol. The molecule has 0 fully saturated rings. The summed E-state index contributed by atoms with van der Waals surface area (Å²) in [6.45, 7) is 0. The largest absolute Gasteiger partial charge is 0.340 e. The lowest BCUT2D eigenvalue weighted by Gasteiger charge is -2.23. The van der Waals surface area contributed by atoms with E-state index >= 15 is 4.39 Å². The first-order chi connectivity index (χ1) is 18.6. The van der Waals surface area contributed by atoms with E-state index in [1.54, 1.807) is 36.2 Å². The molecule has 0 aliphatic heterocycles. The Hall–Kier alpha value is -4.76. The van der Waals surface area contributed by atoms with Crippen molar-refractivity contribution < 1.29 is 8.78 Å². The second-order valence-electron chi connectivity index (χ2n) is 9.33. The molecule has 0 aliphatic carbocycles. The highest BCUT2D eigenvalue weighted by molar-refractivity contribution is 5.97. The smallest absolute Gasteiger partial charge is 0.147 e. The van der Waals surface area contributed by atoms with Crippen LogP contribution in [0.4, 0.5) is 20.2 Å². The number of halogens is 2. The standard InChI is InChI=1S/C35H25F2N/c1-38(34-17-8-7-16-32(34)36)35-23-31(25-10-3-2-4-11-25)30(22-33(35)37)27-20-18-26(19-21-27)29-15-9-13-24-12-5-6-14-28(24)29/h2-23H,1H3. The van der Waals surface area contributed by atoms with Crippen LogP contribution in [-0.2, 0) is 0 Å². The van der Waals surface area contributed by atoms with E-state index in [9.17, 15) is 4.39 Å². The van der Waals surface area contributed by atoms with Crippen molar-refractivity contribution in [2.24, 2.45) is 0 Å². The molecule has 1 nitrogen and oxygen atoms in total. The first-order valence-electron chi connectivity index (χ1n) is 12.6. The van der Waals surface area contributed by atoms with Crippen LogP contribution in [0.1, 0.15) is 0 Å². The molecule has 0 spiro atoms. The average Bonchev–Trinajstić information content (AvgIpc) is 2.97. The van der Waals surface area contributed by atoms with E-state index in [0.717, 1.165) is 33.4 Å². The van der Waals surface area contributed by atoms with Crippen LogP contribution in [0, 0.1) is 11.6 Å². The fourth-order valence-corrected chi connectivity index (χ4v) is 5.07. The molecular weight excluding hydrogens is 472 g/mol. The number of fused-ring (bicyclic) bond motifs is 1. The Balaban J connectivity index is 1.47. The molecule has 0 saturated carbocycles. The van der Waals surface area contributed by atoms with Gasteiger partial charge in [-0.2, -0.15) is 0 Å². The van der Waals surface area contributed by atoms with Crippen LogP contribution >= 0.6 is 0 Å². The van der Waals surface area contributed by atoms with Gasteiger partial charge in [-0.15, -0.1) is 0 Å². The quantitative estimate of drug-likeness (QED) is 0.229. The van der Waals surface area contributed by atoms with Crippen LogP contribution in [0.2, 0.25) is 0 Å². The van der Waals surface area contributed by atoms with Gasteiger partial charge in [0.25, 0.3) is 0 Å². The zero-order chi connectivity index (χ0) is 26.1. The van der Waals surface area contributed by atoms with Crippen molar-refractivity contribution in [3.8, 4) is 33.4 Å². The van der Waals surface area contributed by atoms with Gasteiger partial charge >= 0.3 is 0 Å². The van der Waals surface area contributed by atoms with Crippen LogP contribution in [0.3, 0.4) is 0 Å². The third kappa shape index (κ3) is 4.33. The summed E-state index contributed by atoms with van der Waals surface area (Å²) in [6, 6.07) is 42.6. The highest BCUT2D eigenvalue weighted by Gasteiger charge is 2.18. The van der Waals surface area contributed by atoms with Crippen molar-refractivity contribution >= 4 is 22.1 Å². The maximum Gasteiger partial charge on any atom is 0.147 e. The van der Waals surface area contributed by atoms with Gasteiger partial charge in [0.05, 0.1) is 11.4 Å². The van der Waals surface area contributed by atoms with E-state index in [1.165, 1.54) is 16.8 Å². The van der Waals surface area contributed by atoms with Gasteiger partial charge < -0.3 is 4.90 Å². The maximum absolute atomic E-state index is 15.7. The molecule has 6 rings (SSSR count). The number of benzene rings is 6. The molecular formula is C35H25F2N. The van der Waals surface area contributed by atoms with Crippen molar-refractivity contribution in [2.75, 3.05) is 11.9 Å². The van der Waals surface area contributed by atoms with E-state index in [0.29, 0.717) is 11.4 Å². The highest BCUT2D eigenvalue weighted by Crippen LogP contribution is 2.40. The Kier molecular flexibility index (Phi) is 6.19. The Labute approximate surface area is 221 Å². The molecule has 0 radical (unpaired) electrons. The molecule has 0 aromatic heterocycles. The SMILES string of the molecule is CN(c1ccccc1F)c1cc(-c2ccccc2)c(-c2ccc(-c3cccc4ccccc34)cc2)cc1F. The van der Waals surface area contributed by atoms with Gasteiger partial charge in [-0.1, -0.05) is 109 Å². The third-order valence-corrected chi connectivity index (χ3v) is 7.04. The summed E-state index contributed by atoms with van der Waals surface area (Å²) in [6.07, 6.45) is 0. The van der Waals surface area contributed by atoms with E-state index in [-0.39, 0.29) is 0 Å². The molecule has 38 heavy (non-hydrogen) atoms. The van der Waals surface area contributed by atoms with Gasteiger partial charge in [-0.3, -0.25) is 0 Å². The van der Waals surface area contributed by atoms with Crippen molar-refractivity contribution in [3.63, 3.8) is 0 Å². The normalized spacial score (nSPS) is 11.0. The van der Waals surface area contributed by atoms with Gasteiger partial charge in [0.15, 0.2) is 0 Å². The lowest BCUT2D eigenvalue weighted by Crippen LogP contribution is -2.13. The zero-order valence-corrected chi connectivity index (χ0v) is 20.9. The number of rotatable bonds is 5. The van der Waals surface area contributed by atoms with Gasteiger partial charge in [-0.25, -0.2) is 8.78 Å². The molecule has 0 unspecified atom stereocenters. The minimum Gasteiger partial charge on any atom is -0.340 e. The molecule has 6 aromatic carbocycles. The number of para-hydroxylation sites is 1. The Morgan fingerprint density at radius 2 is 1.03 bits per heavy atom. The molecule has 0 N–H and O–H groups in total. The molecule has 0 amide bonds. The van der Waals surface area contributed by atoms with E-state index in [1.807, 2.05) is 54.6 Å². The van der Waals surface area contributed by atoms with E-state index in [4.69, 9.17) is 0 Å². The first kappa shape index (κ1) is 23.6. The average molecular weight is 498 g/mol. The van der Waals surface area contributed by atoms with E-state index < -0.39 is 11.6 Å². The Morgan fingerprint density at radius 3 is 1.79 bits per heavy atom. The van der Waals surface area contributed by atoms with Crippen LogP contribution in [0.5, 0.6) is 0 Å². The van der Waals surface area contributed by atoms with Gasteiger partial charge in [0.2, 0.25) is 0 Å². The number of hydrogen-bond donors (Lipinski definition) is 0. The Morgan fingerprint density at radius 1 is 0.447 bits per heavy atom.